The smallest absolute Gasteiger partial charge is 0.326 e. The van der Waals surface area contributed by atoms with Crippen LogP contribution in [0.2, 0.25) is 0 Å². The van der Waals surface area contributed by atoms with Gasteiger partial charge in [0.15, 0.2) is 0 Å². The summed E-state index contributed by atoms with van der Waals surface area (Å²) < 4.78 is 32.9. The fourth-order valence-electron chi connectivity index (χ4n) is 5.23. The van der Waals surface area contributed by atoms with Gasteiger partial charge in [-0.15, -0.1) is 0 Å². The second-order valence-electron chi connectivity index (χ2n) is 10.9. The van der Waals surface area contributed by atoms with Crippen molar-refractivity contribution in [3.8, 4) is 17.0 Å². The Morgan fingerprint density at radius 2 is 1.82 bits per heavy atom. The molecule has 1 aliphatic heterocycles. The molecule has 1 aliphatic rings. The molecule has 0 saturated heterocycles. The largest absolute Gasteiger partial charge is 0.492 e. The van der Waals surface area contributed by atoms with Gasteiger partial charge < -0.3 is 20.5 Å². The van der Waals surface area contributed by atoms with E-state index >= 15 is 0 Å². The van der Waals surface area contributed by atoms with E-state index in [9.17, 15) is 18.7 Å². The molecule has 3 aromatic heterocycles. The number of fused-ring (bicyclic) bond motifs is 1. The van der Waals surface area contributed by atoms with Crippen molar-refractivity contribution in [2.45, 2.75) is 44.6 Å². The summed E-state index contributed by atoms with van der Waals surface area (Å²) in [7, 11) is 0. The normalized spacial score (nSPS) is 13.1. The Kier molecular flexibility index (Phi) is 11.2. The Bertz CT molecular complexity index is 1540. The summed E-state index contributed by atoms with van der Waals surface area (Å²) >= 11 is 0. The van der Waals surface area contributed by atoms with E-state index < -0.39 is 23.6 Å². The van der Waals surface area contributed by atoms with E-state index in [1.807, 2.05) is 0 Å². The molecule has 45 heavy (non-hydrogen) atoms. The van der Waals surface area contributed by atoms with Gasteiger partial charge in [-0.1, -0.05) is 6.07 Å². The van der Waals surface area contributed by atoms with Crippen LogP contribution in [-0.2, 0) is 17.6 Å². The van der Waals surface area contributed by atoms with Gasteiger partial charge in [0.2, 0.25) is 0 Å². The molecule has 0 bridgehead atoms. The van der Waals surface area contributed by atoms with Crippen LogP contribution >= 0.6 is 0 Å². The van der Waals surface area contributed by atoms with Gasteiger partial charge in [-0.25, -0.2) is 23.5 Å². The van der Waals surface area contributed by atoms with Crippen LogP contribution in [0.4, 0.5) is 20.4 Å². The summed E-state index contributed by atoms with van der Waals surface area (Å²) in [6.07, 6.45) is 11.4. The van der Waals surface area contributed by atoms with Crippen LogP contribution in [0.1, 0.15) is 36.9 Å². The first-order valence-corrected chi connectivity index (χ1v) is 15.2. The second-order valence-corrected chi connectivity index (χ2v) is 10.9. The number of hydrogen-bond donors (Lipinski definition) is 3. The lowest BCUT2D eigenvalue weighted by atomic mass is 10.1. The van der Waals surface area contributed by atoms with E-state index in [4.69, 9.17) is 9.72 Å². The fourth-order valence-corrected chi connectivity index (χ4v) is 5.23. The molecule has 4 heterocycles. The van der Waals surface area contributed by atoms with Gasteiger partial charge in [0.05, 0.1) is 18.1 Å². The number of hydrogen-bond acceptors (Lipinski definition) is 9. The van der Waals surface area contributed by atoms with Crippen molar-refractivity contribution < 1.29 is 23.4 Å². The van der Waals surface area contributed by atoms with Crippen molar-refractivity contribution in [1.29, 1.82) is 0 Å². The lowest BCUT2D eigenvalue weighted by Crippen LogP contribution is -2.37. The number of carbonyl (C=O) groups is 1. The van der Waals surface area contributed by atoms with Crippen LogP contribution in [-0.4, -0.2) is 74.7 Å². The Morgan fingerprint density at radius 1 is 1.00 bits per heavy atom. The maximum absolute atomic E-state index is 13.6. The number of anilines is 2. The maximum atomic E-state index is 13.6. The third-order valence-corrected chi connectivity index (χ3v) is 7.59. The third-order valence-electron chi connectivity index (χ3n) is 7.59. The number of ether oxygens (including phenoxy) is 1. The highest BCUT2D eigenvalue weighted by Gasteiger charge is 2.20. The van der Waals surface area contributed by atoms with Gasteiger partial charge >= 0.3 is 5.97 Å². The summed E-state index contributed by atoms with van der Waals surface area (Å²) in [6.45, 7) is 2.71. The van der Waals surface area contributed by atoms with Crippen molar-refractivity contribution in [2.24, 2.45) is 0 Å². The summed E-state index contributed by atoms with van der Waals surface area (Å²) in [5, 5.41) is 16.4. The zero-order valence-electron chi connectivity index (χ0n) is 25.0. The quantitative estimate of drug-likeness (QED) is 0.144. The fraction of sp³-hybridized carbons (Fsp3) is 0.364. The number of nitrogens with one attached hydrogen (secondary N) is 2. The Morgan fingerprint density at radius 3 is 2.62 bits per heavy atom. The number of nitrogens with zero attached hydrogens (tertiary/aromatic N) is 5. The van der Waals surface area contributed by atoms with Gasteiger partial charge in [0.1, 0.15) is 41.7 Å². The van der Waals surface area contributed by atoms with Crippen LogP contribution < -0.4 is 15.4 Å². The van der Waals surface area contributed by atoms with E-state index in [0.29, 0.717) is 31.1 Å². The zero-order valence-corrected chi connectivity index (χ0v) is 25.0. The number of rotatable bonds is 16. The molecule has 0 unspecified atom stereocenters. The number of halogens is 2. The van der Waals surface area contributed by atoms with E-state index in [2.05, 4.69) is 42.6 Å². The van der Waals surface area contributed by atoms with Crippen LogP contribution in [0.15, 0.2) is 67.3 Å². The molecule has 12 heteroatoms. The number of aliphatic carboxylic acids is 1. The van der Waals surface area contributed by atoms with Gasteiger partial charge in [-0.05, 0) is 68.8 Å². The highest BCUT2D eigenvalue weighted by molar-refractivity contribution is 5.77. The van der Waals surface area contributed by atoms with E-state index in [1.54, 1.807) is 30.7 Å². The summed E-state index contributed by atoms with van der Waals surface area (Å²) in [4.78, 5) is 31.9. The minimum atomic E-state index is -1.01. The first-order valence-electron chi connectivity index (χ1n) is 15.2. The molecule has 0 aliphatic carbocycles. The minimum absolute atomic E-state index is 0.109. The monoisotopic (exact) mass is 617 g/mol. The SMILES string of the molecule is O=C(O)[C@H](CCN(CCCCc1ccc2c(n1)NCCC2)CCOc1cc(F)cc(F)c1)Nc1cncc(-c2ccncc2)n1. The van der Waals surface area contributed by atoms with Crippen LogP contribution in [0, 0.1) is 11.6 Å². The molecule has 1 atom stereocenters. The average Bonchev–Trinajstić information content (AvgIpc) is 3.04. The van der Waals surface area contributed by atoms with Gasteiger partial charge in [-0.3, -0.25) is 14.9 Å². The summed E-state index contributed by atoms with van der Waals surface area (Å²) in [5.41, 5.74) is 3.71. The molecule has 3 N–H and O–H groups in total. The van der Waals surface area contributed by atoms with Gasteiger partial charge in [0.25, 0.3) is 0 Å². The van der Waals surface area contributed by atoms with Crippen molar-refractivity contribution in [3.05, 3.63) is 90.1 Å². The number of aryl methyl sites for hydroxylation is 2. The Labute approximate surface area is 260 Å². The first kappa shape index (κ1) is 31.7. The topological polar surface area (TPSA) is 125 Å². The minimum Gasteiger partial charge on any atom is -0.492 e. The van der Waals surface area contributed by atoms with Crippen molar-refractivity contribution >= 4 is 17.6 Å². The Hall–Kier alpha value is -4.71. The molecule has 0 amide bonds. The number of aromatic nitrogens is 4. The highest BCUT2D eigenvalue weighted by Crippen LogP contribution is 2.21. The first-order chi connectivity index (χ1) is 21.9. The summed E-state index contributed by atoms with van der Waals surface area (Å²) in [5.74, 6) is -0.984. The molecule has 1 aromatic carbocycles. The lowest BCUT2D eigenvalue weighted by Gasteiger charge is -2.25. The third kappa shape index (κ3) is 9.64. The van der Waals surface area contributed by atoms with Gasteiger partial charge in [0, 0.05) is 61.5 Å². The second kappa shape index (κ2) is 15.8. The van der Waals surface area contributed by atoms with E-state index in [-0.39, 0.29) is 18.8 Å². The molecule has 236 valence electrons. The Balaban J connectivity index is 1.18. The predicted molar refractivity (Wildman–Crippen MR) is 167 cm³/mol. The van der Waals surface area contributed by atoms with Crippen LogP contribution in [0.3, 0.4) is 0 Å². The van der Waals surface area contributed by atoms with Crippen molar-refractivity contribution in [2.75, 3.05) is 43.4 Å². The van der Waals surface area contributed by atoms with Gasteiger partial charge in [-0.2, -0.15) is 0 Å². The number of carboxylic acids is 1. The molecule has 0 fully saturated rings. The molecule has 4 aromatic rings. The van der Waals surface area contributed by atoms with Crippen LogP contribution in [0.5, 0.6) is 5.75 Å². The van der Waals surface area contributed by atoms with Crippen molar-refractivity contribution in [1.82, 2.24) is 24.8 Å². The molecular weight excluding hydrogens is 580 g/mol. The van der Waals surface area contributed by atoms with E-state index in [0.717, 1.165) is 73.9 Å². The number of pyridine rings is 2. The highest BCUT2D eigenvalue weighted by atomic mass is 19.1. The molecule has 0 radical (unpaired) electrons. The van der Waals surface area contributed by atoms with Crippen molar-refractivity contribution in [3.63, 3.8) is 0 Å². The molecule has 10 nitrogen and oxygen atoms in total. The predicted octanol–water partition coefficient (Wildman–Crippen LogP) is 5.23. The zero-order chi connectivity index (χ0) is 31.4. The van der Waals surface area contributed by atoms with Crippen LogP contribution in [0.25, 0.3) is 11.3 Å². The number of carboxylic acid groups (broad SMARTS) is 1. The number of unbranched alkanes of at least 4 members (excludes halogenated alkanes) is 1. The maximum Gasteiger partial charge on any atom is 0.326 e. The standard InChI is InChI=1S/C33H37F2N7O3/c34-25-18-26(35)20-28(19-25)45-17-16-42(14-2-1-5-27-7-6-24-4-3-11-38-32(24)39-27)15-10-29(33(43)44)40-31-22-37-21-30(41-31)23-8-12-36-13-9-23/h6-9,12-13,18-22,29H,1-5,10-11,14-17H2,(H,38,39)(H,40,41)(H,43,44)/t29-/m0/s1. The molecular formula is C33H37F2N7O3. The lowest BCUT2D eigenvalue weighted by molar-refractivity contribution is -0.138. The molecule has 0 spiro atoms. The molecule has 5 rings (SSSR count). The number of benzene rings is 1. The van der Waals surface area contributed by atoms with E-state index in [1.165, 1.54) is 11.8 Å². The summed E-state index contributed by atoms with van der Waals surface area (Å²) in [6, 6.07) is 10.0. The molecule has 0 saturated carbocycles. The average molecular weight is 618 g/mol.